The second kappa shape index (κ2) is 9.20. The van der Waals surface area contributed by atoms with E-state index in [1.165, 1.54) is 15.9 Å². The monoisotopic (exact) mass is 458 g/mol. The van der Waals surface area contributed by atoms with E-state index in [9.17, 15) is 0 Å². The number of benzene rings is 3. The van der Waals surface area contributed by atoms with Crippen LogP contribution < -0.4 is 28.3 Å². The predicted octanol–water partition coefficient (Wildman–Crippen LogP) is 1.24. The minimum atomic E-state index is -2.02. The summed E-state index contributed by atoms with van der Waals surface area (Å²) in [4.78, 5) is 9.47. The van der Waals surface area contributed by atoms with Crippen molar-refractivity contribution in [3.8, 4) is 0 Å². The number of hydrogen-bond acceptors (Lipinski definition) is 3. The van der Waals surface area contributed by atoms with Gasteiger partial charge in [-0.15, -0.1) is 5.10 Å². The molecular weight excluding hydrogens is 435 g/mol. The smallest absolute Gasteiger partial charge is 0.253 e. The first-order valence-corrected chi connectivity index (χ1v) is 12.4. The summed E-state index contributed by atoms with van der Waals surface area (Å²) in [6.45, 7) is 4.05. The minimum Gasteiger partial charge on any atom is -1.00 e. The molecule has 2 heterocycles. The zero-order valence-corrected chi connectivity index (χ0v) is 19.7. The molecule has 0 aliphatic carbocycles. The van der Waals surface area contributed by atoms with E-state index in [1.54, 1.807) is 0 Å². The van der Waals surface area contributed by atoms with Gasteiger partial charge in [0.05, 0.1) is 0 Å². The molecule has 0 saturated carbocycles. The predicted molar refractivity (Wildman–Crippen MR) is 129 cm³/mol. The van der Waals surface area contributed by atoms with Crippen molar-refractivity contribution >= 4 is 29.0 Å². The Balaban J connectivity index is 0.00000245. The highest BCUT2D eigenvalue weighted by Crippen LogP contribution is 2.57. The topological polar surface area (TPSA) is 43.1 Å². The van der Waals surface area contributed by atoms with Crippen molar-refractivity contribution in [3.05, 3.63) is 114 Å². The number of nitrogens with zero attached hydrogens (tertiary/aromatic N) is 4. The van der Waals surface area contributed by atoms with E-state index < -0.39 is 7.26 Å². The Morgan fingerprint density at radius 1 is 0.688 bits per heavy atom. The van der Waals surface area contributed by atoms with E-state index in [0.717, 1.165) is 23.4 Å². The quantitative estimate of drug-likeness (QED) is 0.372. The Bertz CT molecular complexity index is 1230. The fourth-order valence-electron chi connectivity index (χ4n) is 4.26. The molecule has 0 saturated heterocycles. The van der Waals surface area contributed by atoms with E-state index >= 15 is 0 Å². The lowest BCUT2D eigenvalue weighted by atomic mass is 10.4. The van der Waals surface area contributed by atoms with E-state index in [0.29, 0.717) is 5.78 Å². The number of hydrogen-bond donors (Lipinski definition) is 0. The summed E-state index contributed by atoms with van der Waals surface area (Å²) >= 11 is 0. The Labute approximate surface area is 195 Å². The highest BCUT2D eigenvalue weighted by molar-refractivity contribution is 7.95. The summed E-state index contributed by atoms with van der Waals surface area (Å²) in [6, 6.07) is 34.5. The van der Waals surface area contributed by atoms with Crippen molar-refractivity contribution in [1.29, 1.82) is 0 Å². The maximum absolute atomic E-state index is 4.89. The molecule has 32 heavy (non-hydrogen) atoms. The molecule has 0 N–H and O–H groups in total. The van der Waals surface area contributed by atoms with Gasteiger partial charge < -0.3 is 12.4 Å². The second-order valence-electron chi connectivity index (χ2n) is 7.75. The molecular formula is C26H24ClN4P. The second-order valence-corrected chi connectivity index (χ2v) is 11.2. The van der Waals surface area contributed by atoms with Crippen LogP contribution in [-0.2, 0) is 6.16 Å². The third-order valence-electron chi connectivity index (χ3n) is 5.63. The largest absolute Gasteiger partial charge is 1.00 e. The van der Waals surface area contributed by atoms with Crippen LogP contribution in [0.5, 0.6) is 0 Å². The molecule has 5 aromatic rings. The molecule has 0 spiro atoms. The average molecular weight is 459 g/mol. The van der Waals surface area contributed by atoms with Gasteiger partial charge >= 0.3 is 0 Å². The van der Waals surface area contributed by atoms with Gasteiger partial charge in [-0.05, 0) is 56.3 Å². The summed E-state index contributed by atoms with van der Waals surface area (Å²) in [6.07, 6.45) is 0.743. The molecule has 0 atom stereocenters. The van der Waals surface area contributed by atoms with Crippen LogP contribution >= 0.6 is 7.26 Å². The molecule has 0 fully saturated rings. The summed E-state index contributed by atoms with van der Waals surface area (Å²) in [5.41, 5.74) is 2.00. The van der Waals surface area contributed by atoms with Crippen LogP contribution in [-0.4, -0.2) is 19.6 Å². The lowest BCUT2D eigenvalue weighted by Gasteiger charge is -2.26. The van der Waals surface area contributed by atoms with Crippen molar-refractivity contribution in [3.63, 3.8) is 0 Å². The lowest BCUT2D eigenvalue weighted by Crippen LogP contribution is -3.00. The fourth-order valence-corrected chi connectivity index (χ4v) is 8.30. The first-order chi connectivity index (χ1) is 15.2. The van der Waals surface area contributed by atoms with E-state index in [2.05, 4.69) is 96.0 Å². The first kappa shape index (κ1) is 22.1. The van der Waals surface area contributed by atoms with Crippen LogP contribution in [0.1, 0.15) is 17.2 Å². The molecule has 0 amide bonds. The van der Waals surface area contributed by atoms with Gasteiger partial charge in [-0.25, -0.2) is 9.50 Å². The van der Waals surface area contributed by atoms with Gasteiger partial charge in [0.2, 0.25) is 0 Å². The standard InChI is InChI=1S/C26H24N4P.ClH/c1-20-18-21(2)30-26(27-20)28-25(29-30)19-31(22-12-6-3-7-13-22,23-14-8-4-9-15-23)24-16-10-5-11-17-24;/h3-18H,19H2,1-2H3;1H/q+1;/p-1. The Hall–Kier alpha value is -3.07. The van der Waals surface area contributed by atoms with Crippen molar-refractivity contribution in [2.45, 2.75) is 20.0 Å². The Kier molecular flexibility index (Phi) is 6.36. The normalized spacial score (nSPS) is 11.3. The zero-order valence-electron chi connectivity index (χ0n) is 18.1. The summed E-state index contributed by atoms with van der Waals surface area (Å²) in [5, 5.41) is 8.86. The maximum Gasteiger partial charge on any atom is 0.253 e. The molecule has 4 nitrogen and oxygen atoms in total. The molecule has 160 valence electrons. The van der Waals surface area contributed by atoms with E-state index in [4.69, 9.17) is 10.1 Å². The van der Waals surface area contributed by atoms with Gasteiger partial charge in [0.1, 0.15) is 29.3 Å². The van der Waals surface area contributed by atoms with Gasteiger partial charge in [-0.1, -0.05) is 54.6 Å². The van der Waals surface area contributed by atoms with Crippen LogP contribution in [0.4, 0.5) is 0 Å². The number of fused-ring (bicyclic) bond motifs is 1. The van der Waals surface area contributed by atoms with E-state index in [1.807, 2.05) is 24.4 Å². The van der Waals surface area contributed by atoms with Crippen LogP contribution in [0.25, 0.3) is 5.78 Å². The van der Waals surface area contributed by atoms with Crippen molar-refractivity contribution < 1.29 is 12.4 Å². The van der Waals surface area contributed by atoms with Gasteiger partial charge in [0.15, 0.2) is 5.82 Å². The number of halogens is 1. The van der Waals surface area contributed by atoms with Crippen LogP contribution in [0.2, 0.25) is 0 Å². The third-order valence-corrected chi connectivity index (χ3v) is 9.93. The molecule has 3 aromatic carbocycles. The summed E-state index contributed by atoms with van der Waals surface area (Å²) < 4.78 is 1.86. The molecule has 5 rings (SSSR count). The number of rotatable bonds is 5. The molecule has 0 unspecified atom stereocenters. The minimum absolute atomic E-state index is 0. The van der Waals surface area contributed by atoms with Gasteiger partial charge in [0, 0.05) is 11.4 Å². The molecule has 0 aliphatic heterocycles. The van der Waals surface area contributed by atoms with Crippen LogP contribution in [0, 0.1) is 13.8 Å². The molecule has 6 heteroatoms. The highest BCUT2D eigenvalue weighted by Gasteiger charge is 2.46. The fraction of sp³-hybridized carbons (Fsp3) is 0.115. The van der Waals surface area contributed by atoms with Crippen molar-refractivity contribution in [2.75, 3.05) is 0 Å². The third kappa shape index (κ3) is 3.92. The maximum atomic E-state index is 4.89. The molecule has 2 aromatic heterocycles. The SMILES string of the molecule is Cc1cc(C)n2nc(C[P+](c3ccccc3)(c3ccccc3)c3ccccc3)nc2n1.[Cl-]. The molecule has 0 aliphatic rings. The average Bonchev–Trinajstić information content (AvgIpc) is 3.22. The first-order valence-electron chi connectivity index (χ1n) is 10.4. The van der Waals surface area contributed by atoms with Gasteiger partial charge in [0.25, 0.3) is 5.78 Å². The van der Waals surface area contributed by atoms with Gasteiger partial charge in [-0.3, -0.25) is 0 Å². The summed E-state index contributed by atoms with van der Waals surface area (Å²) in [5.74, 6) is 1.49. The van der Waals surface area contributed by atoms with Crippen molar-refractivity contribution in [2.24, 2.45) is 0 Å². The molecule has 0 bridgehead atoms. The van der Waals surface area contributed by atoms with Crippen molar-refractivity contribution in [1.82, 2.24) is 19.6 Å². The van der Waals surface area contributed by atoms with E-state index in [-0.39, 0.29) is 12.4 Å². The summed E-state index contributed by atoms with van der Waals surface area (Å²) in [7, 11) is -2.02. The van der Waals surface area contributed by atoms with Crippen LogP contribution in [0.15, 0.2) is 97.1 Å². The highest BCUT2D eigenvalue weighted by atomic mass is 35.5. The zero-order chi connectivity index (χ0) is 21.3. The Morgan fingerprint density at radius 2 is 1.16 bits per heavy atom. The molecule has 0 radical (unpaired) electrons. The number of aromatic nitrogens is 4. The lowest BCUT2D eigenvalue weighted by molar-refractivity contribution is -0.00000659. The van der Waals surface area contributed by atoms with Gasteiger partial charge in [-0.2, -0.15) is 4.98 Å². The van der Waals surface area contributed by atoms with Crippen LogP contribution in [0.3, 0.4) is 0 Å². The Morgan fingerprint density at radius 3 is 1.62 bits per heavy atom. The number of aryl methyl sites for hydroxylation is 2.